The zero-order valence-corrected chi connectivity index (χ0v) is 10.7. The van der Waals surface area contributed by atoms with Gasteiger partial charge in [0.25, 0.3) is 0 Å². The summed E-state index contributed by atoms with van der Waals surface area (Å²) >= 11 is 3.14. The molecule has 0 unspecified atom stereocenters. The summed E-state index contributed by atoms with van der Waals surface area (Å²) in [6.07, 6.45) is 1.65. The van der Waals surface area contributed by atoms with E-state index in [1.54, 1.807) is 25.4 Å². The van der Waals surface area contributed by atoms with Gasteiger partial charge in [-0.1, -0.05) is 15.9 Å². The fraction of sp³-hybridized carbons (Fsp3) is 0.455. The van der Waals surface area contributed by atoms with Crippen molar-refractivity contribution in [2.24, 2.45) is 0 Å². The Hall–Kier alpha value is -0.780. The molecular formula is C11H14BrNO3. The number of ether oxygens (including phenoxy) is 2. The number of methoxy groups -OCH3 is 1. The molecule has 0 amide bonds. The number of nitrogens with zero attached hydrogens (tertiary/aromatic N) is 1. The van der Waals surface area contributed by atoms with E-state index < -0.39 is 0 Å². The second kappa shape index (κ2) is 7.49. The Bertz CT molecular complexity index is 344. The standard InChI is InChI=1S/C11H14BrNO3/c1-15-5-6-16-8-10-9(11(14)7-12)3-2-4-13-10/h2-4H,5-8H2,1H3. The number of aromatic nitrogens is 1. The number of alkyl halides is 1. The summed E-state index contributed by atoms with van der Waals surface area (Å²) in [7, 11) is 1.61. The lowest BCUT2D eigenvalue weighted by Crippen LogP contribution is -2.09. The van der Waals surface area contributed by atoms with E-state index >= 15 is 0 Å². The van der Waals surface area contributed by atoms with Gasteiger partial charge in [-0.15, -0.1) is 0 Å². The van der Waals surface area contributed by atoms with Crippen LogP contribution in [0.5, 0.6) is 0 Å². The molecule has 4 nitrogen and oxygen atoms in total. The van der Waals surface area contributed by atoms with Crippen LogP contribution < -0.4 is 0 Å². The summed E-state index contributed by atoms with van der Waals surface area (Å²) in [5.41, 5.74) is 1.28. The first-order chi connectivity index (χ1) is 7.79. The molecule has 1 heterocycles. The molecule has 16 heavy (non-hydrogen) atoms. The average Bonchev–Trinajstić information content (AvgIpc) is 2.34. The molecule has 0 fully saturated rings. The molecule has 0 saturated heterocycles. The molecule has 0 aliphatic carbocycles. The molecule has 0 radical (unpaired) electrons. The Kier molecular flexibility index (Phi) is 6.22. The molecule has 0 saturated carbocycles. The topological polar surface area (TPSA) is 48.4 Å². The van der Waals surface area contributed by atoms with E-state index in [9.17, 15) is 4.79 Å². The van der Waals surface area contributed by atoms with Crippen LogP contribution in [0.1, 0.15) is 16.1 Å². The van der Waals surface area contributed by atoms with Gasteiger partial charge in [0.05, 0.1) is 30.8 Å². The van der Waals surface area contributed by atoms with Crippen molar-refractivity contribution in [2.75, 3.05) is 25.7 Å². The van der Waals surface area contributed by atoms with E-state index in [-0.39, 0.29) is 5.78 Å². The number of ketones is 1. The second-order valence-corrected chi connectivity index (χ2v) is 3.66. The van der Waals surface area contributed by atoms with Crippen LogP contribution in [-0.4, -0.2) is 36.4 Å². The number of halogens is 1. The molecule has 0 aliphatic rings. The third-order valence-electron chi connectivity index (χ3n) is 1.98. The highest BCUT2D eigenvalue weighted by Crippen LogP contribution is 2.09. The molecule has 1 aromatic rings. The highest BCUT2D eigenvalue weighted by atomic mass is 79.9. The number of pyridine rings is 1. The zero-order chi connectivity index (χ0) is 11.8. The second-order valence-electron chi connectivity index (χ2n) is 3.10. The van der Waals surface area contributed by atoms with Gasteiger partial charge in [-0.25, -0.2) is 0 Å². The van der Waals surface area contributed by atoms with Crippen LogP contribution in [0.2, 0.25) is 0 Å². The highest BCUT2D eigenvalue weighted by molar-refractivity contribution is 9.09. The summed E-state index contributed by atoms with van der Waals surface area (Å²) in [4.78, 5) is 15.7. The minimum absolute atomic E-state index is 0.0124. The number of hydrogen-bond acceptors (Lipinski definition) is 4. The predicted octanol–water partition coefficient (Wildman–Crippen LogP) is 1.82. The van der Waals surface area contributed by atoms with Crippen molar-refractivity contribution < 1.29 is 14.3 Å². The number of carbonyl (C=O) groups is 1. The summed E-state index contributed by atoms with van der Waals surface area (Å²) in [5.74, 6) is 0.0124. The first-order valence-corrected chi connectivity index (χ1v) is 6.01. The van der Waals surface area contributed by atoms with Gasteiger partial charge in [0, 0.05) is 18.9 Å². The van der Waals surface area contributed by atoms with Gasteiger partial charge in [-0.2, -0.15) is 0 Å². The summed E-state index contributed by atoms with van der Waals surface area (Å²) in [6.45, 7) is 1.36. The van der Waals surface area contributed by atoms with Crippen LogP contribution >= 0.6 is 15.9 Å². The molecular weight excluding hydrogens is 274 g/mol. The largest absolute Gasteiger partial charge is 0.382 e. The van der Waals surface area contributed by atoms with Gasteiger partial charge >= 0.3 is 0 Å². The van der Waals surface area contributed by atoms with Gasteiger partial charge in [0.1, 0.15) is 0 Å². The number of carbonyl (C=O) groups excluding carboxylic acids is 1. The molecule has 0 atom stereocenters. The molecule has 0 aromatic carbocycles. The van der Waals surface area contributed by atoms with Crippen molar-refractivity contribution >= 4 is 21.7 Å². The molecule has 0 N–H and O–H groups in total. The maximum atomic E-state index is 11.6. The van der Waals surface area contributed by atoms with Crippen LogP contribution in [0.3, 0.4) is 0 Å². The van der Waals surface area contributed by atoms with E-state index in [4.69, 9.17) is 9.47 Å². The van der Waals surface area contributed by atoms with Crippen molar-refractivity contribution in [3.8, 4) is 0 Å². The monoisotopic (exact) mass is 287 g/mol. The molecule has 5 heteroatoms. The minimum Gasteiger partial charge on any atom is -0.382 e. The number of rotatable bonds is 7. The Morgan fingerprint density at radius 3 is 3.00 bits per heavy atom. The Morgan fingerprint density at radius 2 is 2.31 bits per heavy atom. The lowest BCUT2D eigenvalue weighted by molar-refractivity contribution is 0.0597. The van der Waals surface area contributed by atoms with Gasteiger partial charge in [-0.3, -0.25) is 9.78 Å². The fourth-order valence-electron chi connectivity index (χ4n) is 1.19. The van der Waals surface area contributed by atoms with Crippen molar-refractivity contribution in [3.05, 3.63) is 29.6 Å². The fourth-order valence-corrected chi connectivity index (χ4v) is 1.49. The van der Waals surface area contributed by atoms with Gasteiger partial charge in [0.2, 0.25) is 0 Å². The maximum absolute atomic E-state index is 11.6. The quantitative estimate of drug-likeness (QED) is 0.436. The lowest BCUT2D eigenvalue weighted by atomic mass is 10.1. The molecule has 88 valence electrons. The van der Waals surface area contributed by atoms with Crippen LogP contribution in [-0.2, 0) is 16.1 Å². The third kappa shape index (κ3) is 4.00. The zero-order valence-electron chi connectivity index (χ0n) is 9.11. The Morgan fingerprint density at radius 1 is 1.50 bits per heavy atom. The van der Waals surface area contributed by atoms with Gasteiger partial charge in [0.15, 0.2) is 5.78 Å². The van der Waals surface area contributed by atoms with Crippen molar-refractivity contribution in [3.63, 3.8) is 0 Å². The molecule has 1 rings (SSSR count). The van der Waals surface area contributed by atoms with Crippen LogP contribution in [0.4, 0.5) is 0 Å². The number of Topliss-reactive ketones (excluding diaryl/α,β-unsaturated/α-hetero) is 1. The van der Waals surface area contributed by atoms with E-state index in [2.05, 4.69) is 20.9 Å². The van der Waals surface area contributed by atoms with E-state index in [0.29, 0.717) is 36.4 Å². The number of hydrogen-bond donors (Lipinski definition) is 0. The van der Waals surface area contributed by atoms with E-state index in [0.717, 1.165) is 0 Å². The van der Waals surface area contributed by atoms with Crippen molar-refractivity contribution in [1.29, 1.82) is 0 Å². The van der Waals surface area contributed by atoms with Crippen LogP contribution in [0.15, 0.2) is 18.3 Å². The van der Waals surface area contributed by atoms with E-state index in [1.807, 2.05) is 0 Å². The predicted molar refractivity (Wildman–Crippen MR) is 63.9 cm³/mol. The van der Waals surface area contributed by atoms with Gasteiger partial charge in [-0.05, 0) is 12.1 Å². The van der Waals surface area contributed by atoms with Gasteiger partial charge < -0.3 is 9.47 Å². The highest BCUT2D eigenvalue weighted by Gasteiger charge is 2.10. The van der Waals surface area contributed by atoms with Crippen molar-refractivity contribution in [1.82, 2.24) is 4.98 Å². The summed E-state index contributed by atoms with van der Waals surface area (Å²) < 4.78 is 10.2. The summed E-state index contributed by atoms with van der Waals surface area (Å²) in [5, 5.41) is 0.295. The first-order valence-electron chi connectivity index (χ1n) is 4.89. The SMILES string of the molecule is COCCOCc1ncccc1C(=O)CBr. The first kappa shape index (κ1) is 13.3. The minimum atomic E-state index is 0.0124. The van der Waals surface area contributed by atoms with Crippen molar-refractivity contribution in [2.45, 2.75) is 6.61 Å². The third-order valence-corrected chi connectivity index (χ3v) is 2.49. The maximum Gasteiger partial charge on any atom is 0.175 e. The Balaban J connectivity index is 2.60. The normalized spacial score (nSPS) is 10.4. The molecule has 0 bridgehead atoms. The smallest absolute Gasteiger partial charge is 0.175 e. The van der Waals surface area contributed by atoms with E-state index in [1.165, 1.54) is 0 Å². The molecule has 1 aromatic heterocycles. The molecule has 0 aliphatic heterocycles. The average molecular weight is 288 g/mol. The lowest BCUT2D eigenvalue weighted by Gasteiger charge is -2.06. The molecule has 0 spiro atoms. The summed E-state index contributed by atoms with van der Waals surface area (Å²) in [6, 6.07) is 3.50. The van der Waals surface area contributed by atoms with Crippen LogP contribution in [0, 0.1) is 0 Å². The van der Waals surface area contributed by atoms with Crippen LogP contribution in [0.25, 0.3) is 0 Å². The Labute approximate surface area is 103 Å².